The highest BCUT2D eigenvalue weighted by molar-refractivity contribution is 5.31. The summed E-state index contributed by atoms with van der Waals surface area (Å²) in [5.41, 5.74) is 6.58. The molecule has 18 heavy (non-hydrogen) atoms. The van der Waals surface area contributed by atoms with Crippen LogP contribution in [-0.4, -0.2) is 18.8 Å². The van der Waals surface area contributed by atoms with E-state index in [-0.39, 0.29) is 11.6 Å². The quantitative estimate of drug-likeness (QED) is 0.602. The molecule has 0 heterocycles. The standard InChI is InChI=1S/C15H26N2O/c1-6-15(4,18-5)14(17-16)10-13-9-11(2)7-8-12(13)3/h7-9,14,17H,6,10,16H2,1-5H3. The SMILES string of the molecule is CCC(C)(OC)C(Cc1cc(C)ccc1C)NN. The van der Waals surface area contributed by atoms with E-state index in [0.29, 0.717) is 0 Å². The van der Waals surface area contributed by atoms with Gasteiger partial charge in [-0.1, -0.05) is 30.7 Å². The van der Waals surface area contributed by atoms with Crippen molar-refractivity contribution in [1.82, 2.24) is 5.43 Å². The highest BCUT2D eigenvalue weighted by Gasteiger charge is 2.32. The minimum atomic E-state index is -0.245. The molecule has 2 atom stereocenters. The first-order valence-electron chi connectivity index (χ1n) is 6.54. The first-order valence-corrected chi connectivity index (χ1v) is 6.54. The van der Waals surface area contributed by atoms with Crippen LogP contribution >= 0.6 is 0 Å². The molecule has 0 radical (unpaired) electrons. The maximum atomic E-state index is 5.72. The van der Waals surface area contributed by atoms with E-state index in [9.17, 15) is 0 Å². The fourth-order valence-electron chi connectivity index (χ4n) is 2.22. The van der Waals surface area contributed by atoms with Crippen molar-refractivity contribution in [3.8, 4) is 0 Å². The molecule has 1 aromatic rings. The number of hydrogen-bond acceptors (Lipinski definition) is 3. The Morgan fingerprint density at radius 3 is 2.56 bits per heavy atom. The van der Waals surface area contributed by atoms with Gasteiger partial charge in [0.05, 0.1) is 11.6 Å². The van der Waals surface area contributed by atoms with Crippen LogP contribution in [0.1, 0.15) is 37.0 Å². The minimum absolute atomic E-state index is 0.105. The second kappa shape index (κ2) is 6.32. The molecule has 1 rings (SSSR count). The molecular formula is C15H26N2O. The number of aryl methyl sites for hydroxylation is 2. The molecule has 0 fully saturated rings. The van der Waals surface area contributed by atoms with Crippen LogP contribution in [0.2, 0.25) is 0 Å². The zero-order valence-corrected chi connectivity index (χ0v) is 12.2. The van der Waals surface area contributed by atoms with Crippen LogP contribution in [0, 0.1) is 13.8 Å². The summed E-state index contributed by atoms with van der Waals surface area (Å²) in [5.74, 6) is 5.72. The predicted octanol–water partition coefficient (Wildman–Crippen LogP) is 2.49. The largest absolute Gasteiger partial charge is 0.377 e. The van der Waals surface area contributed by atoms with Crippen molar-refractivity contribution < 1.29 is 4.74 Å². The lowest BCUT2D eigenvalue weighted by Gasteiger charge is -2.35. The van der Waals surface area contributed by atoms with Gasteiger partial charge in [0.1, 0.15) is 0 Å². The summed E-state index contributed by atoms with van der Waals surface area (Å²) in [6.45, 7) is 8.47. The van der Waals surface area contributed by atoms with Gasteiger partial charge in [-0.3, -0.25) is 11.3 Å². The molecule has 0 bridgehead atoms. The second-order valence-electron chi connectivity index (χ2n) is 5.22. The summed E-state index contributed by atoms with van der Waals surface area (Å²) in [6, 6.07) is 6.63. The molecule has 3 heteroatoms. The van der Waals surface area contributed by atoms with Gasteiger partial charge in [0, 0.05) is 7.11 Å². The number of rotatable bonds is 6. The molecule has 0 aliphatic rings. The van der Waals surface area contributed by atoms with E-state index in [1.165, 1.54) is 16.7 Å². The number of hydrogen-bond donors (Lipinski definition) is 2. The molecule has 0 saturated carbocycles. The lowest BCUT2D eigenvalue weighted by molar-refractivity contribution is -0.0288. The van der Waals surface area contributed by atoms with E-state index in [4.69, 9.17) is 10.6 Å². The molecule has 1 aromatic carbocycles. The topological polar surface area (TPSA) is 47.3 Å². The lowest BCUT2D eigenvalue weighted by Crippen LogP contribution is -2.53. The van der Waals surface area contributed by atoms with Crippen LogP contribution in [-0.2, 0) is 11.2 Å². The van der Waals surface area contributed by atoms with Gasteiger partial charge in [-0.15, -0.1) is 0 Å². The molecule has 0 amide bonds. The first-order chi connectivity index (χ1) is 8.46. The maximum Gasteiger partial charge on any atom is 0.0817 e. The molecule has 102 valence electrons. The monoisotopic (exact) mass is 250 g/mol. The summed E-state index contributed by atoms with van der Waals surface area (Å²) in [6.07, 6.45) is 1.80. The van der Waals surface area contributed by atoms with Crippen molar-refractivity contribution in [2.75, 3.05) is 7.11 Å². The second-order valence-corrected chi connectivity index (χ2v) is 5.22. The zero-order valence-electron chi connectivity index (χ0n) is 12.2. The Balaban J connectivity index is 2.95. The van der Waals surface area contributed by atoms with Crippen molar-refractivity contribution in [2.24, 2.45) is 5.84 Å². The van der Waals surface area contributed by atoms with Crippen molar-refractivity contribution >= 4 is 0 Å². The van der Waals surface area contributed by atoms with Gasteiger partial charge in [0.25, 0.3) is 0 Å². The van der Waals surface area contributed by atoms with Crippen molar-refractivity contribution in [3.05, 3.63) is 34.9 Å². The molecule has 0 aliphatic heterocycles. The Morgan fingerprint density at radius 2 is 2.06 bits per heavy atom. The Morgan fingerprint density at radius 1 is 1.39 bits per heavy atom. The molecule has 0 aromatic heterocycles. The Bertz CT molecular complexity index is 386. The summed E-state index contributed by atoms with van der Waals surface area (Å²) in [4.78, 5) is 0. The fourth-order valence-corrected chi connectivity index (χ4v) is 2.22. The number of hydrazine groups is 1. The summed E-state index contributed by atoms with van der Waals surface area (Å²) < 4.78 is 5.64. The molecule has 3 N–H and O–H groups in total. The van der Waals surface area contributed by atoms with E-state index in [1.807, 2.05) is 0 Å². The summed E-state index contributed by atoms with van der Waals surface area (Å²) >= 11 is 0. The van der Waals surface area contributed by atoms with Crippen LogP contribution in [0.3, 0.4) is 0 Å². The molecule has 3 nitrogen and oxygen atoms in total. The third-order valence-corrected chi connectivity index (χ3v) is 4.04. The van der Waals surface area contributed by atoms with Gasteiger partial charge in [-0.05, 0) is 44.7 Å². The van der Waals surface area contributed by atoms with Crippen molar-refractivity contribution in [2.45, 2.75) is 52.2 Å². The zero-order chi connectivity index (χ0) is 13.8. The Kier molecular flexibility index (Phi) is 5.32. The Hall–Kier alpha value is -0.900. The van der Waals surface area contributed by atoms with Crippen LogP contribution in [0.25, 0.3) is 0 Å². The molecule has 0 aliphatic carbocycles. The Labute approximate surface area is 111 Å². The fraction of sp³-hybridized carbons (Fsp3) is 0.600. The van der Waals surface area contributed by atoms with Gasteiger partial charge in [-0.25, -0.2) is 0 Å². The van der Waals surface area contributed by atoms with Crippen molar-refractivity contribution in [1.29, 1.82) is 0 Å². The number of methoxy groups -OCH3 is 1. The third kappa shape index (κ3) is 3.31. The average Bonchev–Trinajstić information content (AvgIpc) is 2.38. The predicted molar refractivity (Wildman–Crippen MR) is 76.4 cm³/mol. The van der Waals surface area contributed by atoms with Crippen LogP contribution < -0.4 is 11.3 Å². The number of nitrogens with one attached hydrogen (secondary N) is 1. The highest BCUT2D eigenvalue weighted by atomic mass is 16.5. The molecular weight excluding hydrogens is 224 g/mol. The lowest BCUT2D eigenvalue weighted by atomic mass is 9.87. The van der Waals surface area contributed by atoms with E-state index in [0.717, 1.165) is 12.8 Å². The highest BCUT2D eigenvalue weighted by Crippen LogP contribution is 2.23. The van der Waals surface area contributed by atoms with Crippen LogP contribution in [0.4, 0.5) is 0 Å². The van der Waals surface area contributed by atoms with E-state index in [2.05, 4.69) is 51.3 Å². The number of ether oxygens (including phenoxy) is 1. The summed E-state index contributed by atoms with van der Waals surface area (Å²) in [7, 11) is 1.75. The van der Waals surface area contributed by atoms with Gasteiger partial charge in [-0.2, -0.15) is 0 Å². The van der Waals surface area contributed by atoms with E-state index >= 15 is 0 Å². The number of nitrogens with two attached hydrogens (primary N) is 1. The molecule has 0 spiro atoms. The molecule has 0 saturated heterocycles. The number of benzene rings is 1. The minimum Gasteiger partial charge on any atom is -0.377 e. The van der Waals surface area contributed by atoms with Crippen LogP contribution in [0.15, 0.2) is 18.2 Å². The third-order valence-electron chi connectivity index (χ3n) is 4.04. The van der Waals surface area contributed by atoms with E-state index in [1.54, 1.807) is 7.11 Å². The van der Waals surface area contributed by atoms with Gasteiger partial charge < -0.3 is 4.74 Å². The van der Waals surface area contributed by atoms with E-state index < -0.39 is 0 Å². The normalized spacial score (nSPS) is 16.3. The average molecular weight is 250 g/mol. The van der Waals surface area contributed by atoms with Gasteiger partial charge in [0.15, 0.2) is 0 Å². The summed E-state index contributed by atoms with van der Waals surface area (Å²) in [5, 5.41) is 0. The van der Waals surface area contributed by atoms with Gasteiger partial charge >= 0.3 is 0 Å². The first kappa shape index (κ1) is 15.2. The maximum absolute atomic E-state index is 5.72. The van der Waals surface area contributed by atoms with Gasteiger partial charge in [0.2, 0.25) is 0 Å². The van der Waals surface area contributed by atoms with Crippen molar-refractivity contribution in [3.63, 3.8) is 0 Å². The smallest absolute Gasteiger partial charge is 0.0817 e. The van der Waals surface area contributed by atoms with Crippen LogP contribution in [0.5, 0.6) is 0 Å². The molecule has 2 unspecified atom stereocenters.